The second-order valence-electron chi connectivity index (χ2n) is 3.67. The lowest BCUT2D eigenvalue weighted by Crippen LogP contribution is -2.29. The summed E-state index contributed by atoms with van der Waals surface area (Å²) in [6.45, 7) is 1.08. The van der Waals surface area contributed by atoms with Gasteiger partial charge < -0.3 is 10.0 Å². The Kier molecular flexibility index (Phi) is 2.40. The minimum Gasteiger partial charge on any atom is -0.493 e. The van der Waals surface area contributed by atoms with Gasteiger partial charge in [-0.05, 0) is 18.8 Å². The summed E-state index contributed by atoms with van der Waals surface area (Å²) in [4.78, 5) is 6.16. The molecule has 13 heavy (non-hydrogen) atoms. The van der Waals surface area contributed by atoms with Crippen LogP contribution in [-0.2, 0) is 0 Å². The van der Waals surface area contributed by atoms with Crippen LogP contribution in [0.15, 0.2) is 5.38 Å². The zero-order valence-electron chi connectivity index (χ0n) is 7.73. The molecule has 0 aromatic carbocycles. The highest BCUT2D eigenvalue weighted by Gasteiger charge is 2.20. The Hall–Kier alpha value is -0.770. The zero-order chi connectivity index (χ0) is 9.26. The van der Waals surface area contributed by atoms with Crippen LogP contribution in [0, 0.1) is 5.92 Å². The maximum absolute atomic E-state index is 9.08. The van der Waals surface area contributed by atoms with Crippen LogP contribution in [0.1, 0.15) is 19.3 Å². The van der Waals surface area contributed by atoms with Gasteiger partial charge in [0.2, 0.25) is 5.88 Å². The summed E-state index contributed by atoms with van der Waals surface area (Å²) >= 11 is 1.50. The van der Waals surface area contributed by atoms with E-state index in [1.807, 2.05) is 7.05 Å². The van der Waals surface area contributed by atoms with Crippen molar-refractivity contribution < 1.29 is 5.11 Å². The van der Waals surface area contributed by atoms with Crippen LogP contribution in [0.3, 0.4) is 0 Å². The number of rotatable bonds is 3. The van der Waals surface area contributed by atoms with Gasteiger partial charge in [0.05, 0.1) is 5.38 Å². The number of anilines is 1. The van der Waals surface area contributed by atoms with Crippen LogP contribution in [0.5, 0.6) is 5.88 Å². The van der Waals surface area contributed by atoms with E-state index in [1.165, 1.54) is 30.6 Å². The van der Waals surface area contributed by atoms with Crippen molar-refractivity contribution >= 4 is 16.5 Å². The molecule has 1 fully saturated rings. The minimum absolute atomic E-state index is 0.139. The number of thiazole rings is 1. The molecule has 1 N–H and O–H groups in total. The summed E-state index contributed by atoms with van der Waals surface area (Å²) in [6.07, 6.45) is 4.07. The molecule has 4 heteroatoms. The molecule has 0 unspecified atom stereocenters. The van der Waals surface area contributed by atoms with E-state index >= 15 is 0 Å². The largest absolute Gasteiger partial charge is 0.493 e. The highest BCUT2D eigenvalue weighted by molar-refractivity contribution is 7.13. The maximum atomic E-state index is 9.08. The van der Waals surface area contributed by atoms with Crippen molar-refractivity contribution in [3.63, 3.8) is 0 Å². The molecule has 0 amide bonds. The summed E-state index contributed by atoms with van der Waals surface area (Å²) in [7, 11) is 2.04. The monoisotopic (exact) mass is 198 g/mol. The Morgan fingerprint density at radius 2 is 2.46 bits per heavy atom. The predicted octanol–water partition coefficient (Wildman–Crippen LogP) is 2.08. The third-order valence-corrected chi connectivity index (χ3v) is 3.51. The Labute approximate surface area is 82.0 Å². The third-order valence-electron chi connectivity index (χ3n) is 2.56. The minimum atomic E-state index is 0.139. The fraction of sp³-hybridized carbons (Fsp3) is 0.667. The zero-order valence-corrected chi connectivity index (χ0v) is 8.55. The van der Waals surface area contributed by atoms with Crippen molar-refractivity contribution in [2.75, 3.05) is 18.5 Å². The van der Waals surface area contributed by atoms with Crippen molar-refractivity contribution in [3.05, 3.63) is 5.38 Å². The fourth-order valence-electron chi connectivity index (χ4n) is 1.57. The van der Waals surface area contributed by atoms with Crippen molar-refractivity contribution in [3.8, 4) is 5.88 Å². The van der Waals surface area contributed by atoms with Gasteiger partial charge in [-0.15, -0.1) is 11.3 Å². The standard InChI is InChI=1S/C9H14N2OS/c1-11(5-7-3-2-4-7)9-10-8(12)6-13-9/h6-7,12H,2-5H2,1H3. The number of hydrogen-bond acceptors (Lipinski definition) is 4. The average Bonchev–Trinajstić information content (AvgIpc) is 2.44. The van der Waals surface area contributed by atoms with Crippen LogP contribution in [0.25, 0.3) is 0 Å². The predicted molar refractivity (Wildman–Crippen MR) is 54.4 cm³/mol. The molecule has 0 spiro atoms. The first-order valence-corrected chi connectivity index (χ1v) is 5.49. The van der Waals surface area contributed by atoms with E-state index in [4.69, 9.17) is 5.11 Å². The normalized spacial score (nSPS) is 17.0. The second-order valence-corrected chi connectivity index (χ2v) is 4.50. The van der Waals surface area contributed by atoms with Gasteiger partial charge in [0.15, 0.2) is 5.13 Å². The van der Waals surface area contributed by atoms with E-state index in [1.54, 1.807) is 5.38 Å². The van der Waals surface area contributed by atoms with E-state index in [0.717, 1.165) is 17.6 Å². The Morgan fingerprint density at radius 3 is 2.92 bits per heavy atom. The van der Waals surface area contributed by atoms with Gasteiger partial charge in [0.1, 0.15) is 0 Å². The molecule has 1 saturated carbocycles. The van der Waals surface area contributed by atoms with Crippen LogP contribution in [0.2, 0.25) is 0 Å². The summed E-state index contributed by atoms with van der Waals surface area (Å²) < 4.78 is 0. The molecule has 1 aliphatic carbocycles. The Morgan fingerprint density at radius 1 is 1.69 bits per heavy atom. The molecule has 0 saturated heterocycles. The molecule has 3 nitrogen and oxygen atoms in total. The van der Waals surface area contributed by atoms with Gasteiger partial charge in [-0.1, -0.05) is 6.42 Å². The third kappa shape index (κ3) is 1.94. The first kappa shape index (κ1) is 8.81. The average molecular weight is 198 g/mol. The van der Waals surface area contributed by atoms with Gasteiger partial charge in [-0.2, -0.15) is 4.98 Å². The van der Waals surface area contributed by atoms with Gasteiger partial charge in [0, 0.05) is 13.6 Å². The lowest BCUT2D eigenvalue weighted by molar-refractivity contribution is 0.321. The molecular weight excluding hydrogens is 184 g/mol. The molecule has 72 valence electrons. The summed E-state index contributed by atoms with van der Waals surface area (Å²) in [5.41, 5.74) is 0. The van der Waals surface area contributed by atoms with Crippen molar-refractivity contribution in [1.82, 2.24) is 4.98 Å². The number of aromatic hydroxyl groups is 1. The highest BCUT2D eigenvalue weighted by Crippen LogP contribution is 2.30. The molecule has 1 aromatic heterocycles. The molecule has 1 heterocycles. The molecule has 0 atom stereocenters. The van der Waals surface area contributed by atoms with Crippen molar-refractivity contribution in [2.45, 2.75) is 19.3 Å². The van der Waals surface area contributed by atoms with E-state index in [-0.39, 0.29) is 5.88 Å². The molecule has 1 aliphatic rings. The summed E-state index contributed by atoms with van der Waals surface area (Å²) in [5, 5.41) is 11.7. The molecule has 2 rings (SSSR count). The Bertz CT molecular complexity index is 283. The smallest absolute Gasteiger partial charge is 0.223 e. The first-order valence-electron chi connectivity index (χ1n) is 4.61. The molecular formula is C9H14N2OS. The van der Waals surface area contributed by atoms with Gasteiger partial charge in [-0.3, -0.25) is 0 Å². The molecule has 0 aliphatic heterocycles. The molecule has 1 aromatic rings. The number of nitrogens with zero attached hydrogens (tertiary/aromatic N) is 2. The lowest BCUT2D eigenvalue weighted by Gasteiger charge is -2.29. The van der Waals surface area contributed by atoms with Gasteiger partial charge in [-0.25, -0.2) is 0 Å². The highest BCUT2D eigenvalue weighted by atomic mass is 32.1. The number of aromatic nitrogens is 1. The molecule has 0 radical (unpaired) electrons. The topological polar surface area (TPSA) is 36.4 Å². The van der Waals surface area contributed by atoms with E-state index in [9.17, 15) is 0 Å². The van der Waals surface area contributed by atoms with E-state index < -0.39 is 0 Å². The van der Waals surface area contributed by atoms with Crippen molar-refractivity contribution in [1.29, 1.82) is 0 Å². The van der Waals surface area contributed by atoms with Crippen LogP contribution in [-0.4, -0.2) is 23.7 Å². The fourth-order valence-corrected chi connectivity index (χ4v) is 2.24. The lowest BCUT2D eigenvalue weighted by atomic mass is 9.85. The van der Waals surface area contributed by atoms with Gasteiger partial charge in [0.25, 0.3) is 0 Å². The number of hydrogen-bond donors (Lipinski definition) is 1. The van der Waals surface area contributed by atoms with E-state index in [0.29, 0.717) is 0 Å². The van der Waals surface area contributed by atoms with Crippen LogP contribution >= 0.6 is 11.3 Å². The van der Waals surface area contributed by atoms with Crippen LogP contribution in [0.4, 0.5) is 5.13 Å². The SMILES string of the molecule is CN(CC1CCC1)c1nc(O)cs1. The summed E-state index contributed by atoms with van der Waals surface area (Å²) in [5.74, 6) is 0.983. The quantitative estimate of drug-likeness (QED) is 0.808. The first-order chi connectivity index (χ1) is 6.25. The van der Waals surface area contributed by atoms with Gasteiger partial charge >= 0.3 is 0 Å². The van der Waals surface area contributed by atoms with E-state index in [2.05, 4.69) is 9.88 Å². The maximum Gasteiger partial charge on any atom is 0.223 e. The van der Waals surface area contributed by atoms with Crippen LogP contribution < -0.4 is 4.90 Å². The second kappa shape index (κ2) is 3.54. The molecule has 0 bridgehead atoms. The van der Waals surface area contributed by atoms with Crippen molar-refractivity contribution in [2.24, 2.45) is 5.92 Å². The summed E-state index contributed by atoms with van der Waals surface area (Å²) in [6, 6.07) is 0. The Balaban J connectivity index is 1.92.